The van der Waals surface area contributed by atoms with Gasteiger partial charge in [0.2, 0.25) is 15.9 Å². The molecule has 1 heterocycles. The number of nitrogens with zero attached hydrogens (tertiary/aromatic N) is 2. The molecule has 1 fully saturated rings. The van der Waals surface area contributed by atoms with Gasteiger partial charge in [-0.25, -0.2) is 12.7 Å². The van der Waals surface area contributed by atoms with Gasteiger partial charge in [0.25, 0.3) is 0 Å². The van der Waals surface area contributed by atoms with Crippen LogP contribution in [0.15, 0.2) is 23.1 Å². The fourth-order valence-electron chi connectivity index (χ4n) is 2.98. The number of piperidine rings is 1. The maximum absolute atomic E-state index is 12.7. The monoisotopic (exact) mass is 404 g/mol. The Bertz CT molecular complexity index is 738. The van der Waals surface area contributed by atoms with Gasteiger partial charge in [0.05, 0.1) is 16.3 Å². The molecule has 1 amide bonds. The van der Waals surface area contributed by atoms with Crippen molar-refractivity contribution in [2.75, 3.05) is 45.0 Å². The van der Waals surface area contributed by atoms with E-state index in [2.05, 4.69) is 17.6 Å². The summed E-state index contributed by atoms with van der Waals surface area (Å²) in [7, 11) is 3.14. The number of carbonyl (C=O) groups is 1. The second-order valence-electron chi connectivity index (χ2n) is 6.93. The van der Waals surface area contributed by atoms with Gasteiger partial charge in [-0.1, -0.05) is 0 Å². The van der Waals surface area contributed by atoms with E-state index >= 15 is 0 Å². The highest BCUT2D eigenvalue weighted by molar-refractivity contribution is 7.89. The molecule has 1 aliphatic rings. The molecular weight excluding hydrogens is 376 g/mol. The molecule has 1 saturated heterocycles. The van der Waals surface area contributed by atoms with Gasteiger partial charge < -0.3 is 15.5 Å². The molecule has 9 heteroatoms. The number of hydrogen-bond acceptors (Lipinski definition) is 5. The second-order valence-corrected chi connectivity index (χ2v) is 9.08. The third-order valence-corrected chi connectivity index (χ3v) is 6.29. The lowest BCUT2D eigenvalue weighted by Gasteiger charge is -2.28. The number of amides is 1. The smallest absolute Gasteiger partial charge is 0.242 e. The summed E-state index contributed by atoms with van der Waals surface area (Å²) in [5, 5.41) is 6.27. The van der Waals surface area contributed by atoms with E-state index in [-0.39, 0.29) is 29.1 Å². The van der Waals surface area contributed by atoms with Crippen molar-refractivity contribution in [1.29, 1.82) is 0 Å². The topological polar surface area (TPSA) is 81.8 Å². The number of halogens is 1. The summed E-state index contributed by atoms with van der Waals surface area (Å²) in [6.45, 7) is 2.88. The average molecular weight is 405 g/mol. The normalized spacial score (nSPS) is 20.4. The highest BCUT2D eigenvalue weighted by atomic mass is 35.5. The lowest BCUT2D eigenvalue weighted by molar-refractivity contribution is -0.120. The van der Waals surface area contributed by atoms with Crippen molar-refractivity contribution in [3.8, 4) is 0 Å². The number of anilines is 2. The Kier molecular flexibility index (Phi) is 7.88. The van der Waals surface area contributed by atoms with E-state index in [9.17, 15) is 13.2 Å². The molecule has 2 rings (SSSR count). The van der Waals surface area contributed by atoms with E-state index in [1.54, 1.807) is 12.1 Å². The van der Waals surface area contributed by atoms with Gasteiger partial charge >= 0.3 is 0 Å². The summed E-state index contributed by atoms with van der Waals surface area (Å²) < 4.78 is 25.9. The lowest BCUT2D eigenvalue weighted by atomic mass is 9.92. The molecule has 26 heavy (non-hydrogen) atoms. The molecule has 1 aliphatic heterocycles. The molecule has 1 aromatic carbocycles. The first-order valence-electron chi connectivity index (χ1n) is 8.41. The number of nitrogens with one attached hydrogen (secondary N) is 2. The number of benzene rings is 1. The van der Waals surface area contributed by atoms with Crippen molar-refractivity contribution in [3.05, 3.63) is 18.2 Å². The molecule has 2 N–H and O–H groups in total. The Balaban J connectivity index is 0.00000338. The van der Waals surface area contributed by atoms with Gasteiger partial charge in [-0.05, 0) is 44.5 Å². The summed E-state index contributed by atoms with van der Waals surface area (Å²) in [5.41, 5.74) is 1.29. The van der Waals surface area contributed by atoms with E-state index in [1.807, 2.05) is 19.0 Å². The van der Waals surface area contributed by atoms with E-state index in [0.29, 0.717) is 11.7 Å². The Morgan fingerprint density at radius 2 is 1.88 bits per heavy atom. The summed E-state index contributed by atoms with van der Waals surface area (Å²) in [6.07, 6.45) is 1.56. The third kappa shape index (κ3) is 5.09. The van der Waals surface area contributed by atoms with Gasteiger partial charge in [0, 0.05) is 40.2 Å². The number of sulfonamides is 1. The maximum atomic E-state index is 12.7. The Morgan fingerprint density at radius 3 is 2.42 bits per heavy atom. The van der Waals surface area contributed by atoms with Crippen LogP contribution in [0.2, 0.25) is 0 Å². The quantitative estimate of drug-likeness (QED) is 0.781. The average Bonchev–Trinajstić information content (AvgIpc) is 2.54. The van der Waals surface area contributed by atoms with Crippen LogP contribution in [-0.2, 0) is 14.8 Å². The third-order valence-electron chi connectivity index (χ3n) is 4.48. The second kappa shape index (κ2) is 9.03. The van der Waals surface area contributed by atoms with Gasteiger partial charge in [0.1, 0.15) is 0 Å². The molecule has 0 aromatic heterocycles. The molecule has 2 atom stereocenters. The molecule has 0 bridgehead atoms. The largest absolute Gasteiger partial charge is 0.376 e. The van der Waals surface area contributed by atoms with E-state index < -0.39 is 10.0 Å². The number of carbonyl (C=O) groups excluding carboxylic acids is 1. The molecular formula is C17H29ClN4O3S. The fourth-order valence-corrected chi connectivity index (χ4v) is 3.91. The predicted molar refractivity (Wildman–Crippen MR) is 108 cm³/mol. The summed E-state index contributed by atoms with van der Waals surface area (Å²) >= 11 is 0. The van der Waals surface area contributed by atoms with Crippen LogP contribution in [0.3, 0.4) is 0 Å². The lowest BCUT2D eigenvalue weighted by Crippen LogP contribution is -2.40. The zero-order valence-corrected chi connectivity index (χ0v) is 17.6. The number of rotatable bonds is 5. The standard InChI is InChI=1S/C17H28N4O3S.ClH/c1-12-10-13(8-9-18-12)17(22)19-15-11-14(25(23,24)21(4)5)6-7-16(15)20(2)3;/h6-7,11-13,18H,8-10H2,1-5H3,(H,19,22);1H/t12-,13-;/m0./s1. The van der Waals surface area contributed by atoms with Crippen LogP contribution in [0.1, 0.15) is 19.8 Å². The highest BCUT2D eigenvalue weighted by Crippen LogP contribution is 2.30. The van der Waals surface area contributed by atoms with E-state index in [4.69, 9.17) is 0 Å². The van der Waals surface area contributed by atoms with Crippen LogP contribution in [0.25, 0.3) is 0 Å². The first kappa shape index (κ1) is 22.7. The van der Waals surface area contributed by atoms with Crippen molar-refractivity contribution >= 4 is 39.7 Å². The predicted octanol–water partition coefficient (Wildman–Crippen LogP) is 1.75. The van der Waals surface area contributed by atoms with Crippen LogP contribution >= 0.6 is 12.4 Å². The molecule has 0 aliphatic carbocycles. The number of hydrogen-bond donors (Lipinski definition) is 2. The summed E-state index contributed by atoms with van der Waals surface area (Å²) in [6, 6.07) is 5.12. The van der Waals surface area contributed by atoms with Gasteiger partial charge in [-0.2, -0.15) is 0 Å². The van der Waals surface area contributed by atoms with Crippen molar-refractivity contribution in [3.63, 3.8) is 0 Å². The van der Waals surface area contributed by atoms with Crippen LogP contribution in [0.5, 0.6) is 0 Å². The van der Waals surface area contributed by atoms with Crippen molar-refractivity contribution in [2.24, 2.45) is 5.92 Å². The molecule has 0 unspecified atom stereocenters. The van der Waals surface area contributed by atoms with E-state index in [1.165, 1.54) is 20.2 Å². The summed E-state index contributed by atoms with van der Waals surface area (Å²) in [4.78, 5) is 14.7. The first-order chi connectivity index (χ1) is 11.6. The fraction of sp³-hybridized carbons (Fsp3) is 0.588. The van der Waals surface area contributed by atoms with Crippen LogP contribution in [-0.4, -0.2) is 59.4 Å². The van der Waals surface area contributed by atoms with Crippen LogP contribution in [0.4, 0.5) is 11.4 Å². The SMILES string of the molecule is C[C@H]1C[C@@H](C(=O)Nc2cc(S(=O)(=O)N(C)C)ccc2N(C)C)CCN1.Cl. The molecule has 0 spiro atoms. The van der Waals surface area contributed by atoms with Crippen LogP contribution in [0, 0.1) is 5.92 Å². The minimum absolute atomic E-state index is 0. The zero-order chi connectivity index (χ0) is 18.8. The molecule has 1 aromatic rings. The Morgan fingerprint density at radius 1 is 1.23 bits per heavy atom. The minimum atomic E-state index is -3.56. The first-order valence-corrected chi connectivity index (χ1v) is 9.85. The molecule has 0 saturated carbocycles. The Labute approximate surface area is 162 Å². The maximum Gasteiger partial charge on any atom is 0.242 e. The van der Waals surface area contributed by atoms with E-state index in [0.717, 1.165) is 29.4 Å². The Hall–Kier alpha value is -1.35. The van der Waals surface area contributed by atoms with Crippen molar-refractivity contribution in [1.82, 2.24) is 9.62 Å². The highest BCUT2D eigenvalue weighted by Gasteiger charge is 2.26. The van der Waals surface area contributed by atoms with Crippen molar-refractivity contribution < 1.29 is 13.2 Å². The molecule has 7 nitrogen and oxygen atoms in total. The summed E-state index contributed by atoms with van der Waals surface area (Å²) in [5.74, 6) is -0.128. The molecule has 148 valence electrons. The van der Waals surface area contributed by atoms with Gasteiger partial charge in [0.15, 0.2) is 0 Å². The minimum Gasteiger partial charge on any atom is -0.376 e. The zero-order valence-electron chi connectivity index (χ0n) is 15.9. The molecule has 0 radical (unpaired) electrons. The van der Waals surface area contributed by atoms with Crippen molar-refractivity contribution in [2.45, 2.75) is 30.7 Å². The van der Waals surface area contributed by atoms with Crippen LogP contribution < -0.4 is 15.5 Å². The van der Waals surface area contributed by atoms with Gasteiger partial charge in [-0.15, -0.1) is 12.4 Å². The van der Waals surface area contributed by atoms with Gasteiger partial charge in [-0.3, -0.25) is 4.79 Å².